The number of Topliss-reactive ketones (excluding diaryl/α,β-unsaturated/α-hetero) is 1. The van der Waals surface area contributed by atoms with Gasteiger partial charge in [0.1, 0.15) is 0 Å². The zero-order valence-corrected chi connectivity index (χ0v) is 15.0. The molecule has 0 spiro atoms. The molecular weight excluding hydrogens is 350 g/mol. The fourth-order valence-electron chi connectivity index (χ4n) is 2.73. The van der Waals surface area contributed by atoms with Crippen LogP contribution in [0.1, 0.15) is 47.2 Å². The molecule has 0 saturated carbocycles. The molecule has 0 N–H and O–H groups in total. The molecule has 2 unspecified atom stereocenters. The Kier molecular flexibility index (Phi) is 4.95. The van der Waals surface area contributed by atoms with Crippen LogP contribution in [0.4, 0.5) is 0 Å². The topological polar surface area (TPSA) is 22.0 Å². The predicted molar refractivity (Wildman–Crippen MR) is 91.5 cm³/mol. The molecule has 4 heteroatoms. The van der Waals surface area contributed by atoms with Crippen molar-refractivity contribution in [1.29, 1.82) is 0 Å². The van der Waals surface area contributed by atoms with E-state index < -0.39 is 5.38 Å². The van der Waals surface area contributed by atoms with Gasteiger partial charge in [0, 0.05) is 21.4 Å². The minimum atomic E-state index is -0.498. The number of benzene rings is 1. The van der Waals surface area contributed by atoms with E-state index in [2.05, 4.69) is 39.6 Å². The van der Waals surface area contributed by atoms with Gasteiger partial charge in [0.2, 0.25) is 0 Å². The highest BCUT2D eigenvalue weighted by atomic mass is 79.9. The second-order valence-electron chi connectivity index (χ2n) is 5.36. The average Bonchev–Trinajstić information content (AvgIpc) is 2.73. The largest absolute Gasteiger partial charge is 0.341 e. The van der Waals surface area contributed by atoms with Crippen LogP contribution < -0.4 is 0 Å². The first-order valence-corrected chi connectivity index (χ1v) is 8.18. The highest BCUT2D eigenvalue weighted by Gasteiger charge is 2.21. The zero-order valence-electron chi connectivity index (χ0n) is 12.7. The fraction of sp³-hybridized carbons (Fsp3) is 0.353. The van der Waals surface area contributed by atoms with Gasteiger partial charge in [0.05, 0.1) is 11.4 Å². The van der Waals surface area contributed by atoms with E-state index in [1.807, 2.05) is 32.0 Å². The third-order valence-electron chi connectivity index (χ3n) is 3.85. The predicted octanol–water partition coefficient (Wildman–Crippen LogP) is 5.29. The first-order valence-electron chi connectivity index (χ1n) is 6.95. The number of alkyl halides is 1. The van der Waals surface area contributed by atoms with Crippen LogP contribution in [-0.2, 0) is 0 Å². The lowest BCUT2D eigenvalue weighted by atomic mass is 10.1. The van der Waals surface area contributed by atoms with E-state index in [1.165, 1.54) is 5.56 Å². The minimum Gasteiger partial charge on any atom is -0.341 e. The Balaban J connectivity index is 2.44. The molecule has 2 rings (SSSR count). The Labute approximate surface area is 139 Å². The highest BCUT2D eigenvalue weighted by molar-refractivity contribution is 9.10. The number of aromatic nitrogens is 1. The Morgan fingerprint density at radius 1 is 1.19 bits per heavy atom. The van der Waals surface area contributed by atoms with Crippen molar-refractivity contribution in [3.8, 4) is 0 Å². The molecular formula is C17H19BrClNO. The lowest BCUT2D eigenvalue weighted by Crippen LogP contribution is -2.14. The molecule has 112 valence electrons. The normalized spacial score (nSPS) is 14.0. The molecule has 1 aromatic heterocycles. The van der Waals surface area contributed by atoms with Crippen molar-refractivity contribution in [3.63, 3.8) is 0 Å². The van der Waals surface area contributed by atoms with Crippen molar-refractivity contribution >= 4 is 33.3 Å². The quantitative estimate of drug-likeness (QED) is 0.531. The summed E-state index contributed by atoms with van der Waals surface area (Å²) in [6, 6.07) is 10.4. The maximum Gasteiger partial charge on any atom is 0.182 e. The van der Waals surface area contributed by atoms with E-state index in [4.69, 9.17) is 11.6 Å². The molecule has 2 nitrogen and oxygen atoms in total. The van der Waals surface area contributed by atoms with E-state index in [9.17, 15) is 4.79 Å². The maximum absolute atomic E-state index is 12.2. The van der Waals surface area contributed by atoms with E-state index in [1.54, 1.807) is 6.92 Å². The van der Waals surface area contributed by atoms with Crippen molar-refractivity contribution in [2.75, 3.05) is 0 Å². The number of aryl methyl sites for hydroxylation is 1. The molecule has 0 fully saturated rings. The summed E-state index contributed by atoms with van der Waals surface area (Å²) in [5.74, 6) is -0.0148. The van der Waals surface area contributed by atoms with Crippen LogP contribution in [-0.4, -0.2) is 15.7 Å². The Morgan fingerprint density at radius 3 is 2.29 bits per heavy atom. The molecule has 1 aromatic carbocycles. The van der Waals surface area contributed by atoms with E-state index in [-0.39, 0.29) is 11.8 Å². The summed E-state index contributed by atoms with van der Waals surface area (Å²) in [6.45, 7) is 7.86. The van der Waals surface area contributed by atoms with Crippen molar-refractivity contribution < 1.29 is 4.79 Å². The molecule has 21 heavy (non-hydrogen) atoms. The fourth-order valence-corrected chi connectivity index (χ4v) is 3.11. The van der Waals surface area contributed by atoms with E-state index >= 15 is 0 Å². The first-order chi connectivity index (χ1) is 9.82. The van der Waals surface area contributed by atoms with Gasteiger partial charge in [-0.3, -0.25) is 4.79 Å². The highest BCUT2D eigenvalue weighted by Crippen LogP contribution is 2.27. The number of halogens is 2. The van der Waals surface area contributed by atoms with Crippen molar-refractivity contribution in [2.24, 2.45) is 0 Å². The SMILES string of the molecule is Cc1cc(C(=O)C(C)Cl)c(C)n1C(C)c1ccc(Br)cc1. The molecule has 1 heterocycles. The summed E-state index contributed by atoms with van der Waals surface area (Å²) in [5.41, 5.74) is 3.97. The summed E-state index contributed by atoms with van der Waals surface area (Å²) in [4.78, 5) is 12.2. The number of hydrogen-bond donors (Lipinski definition) is 0. The molecule has 0 aliphatic rings. The van der Waals surface area contributed by atoms with Crippen LogP contribution >= 0.6 is 27.5 Å². The smallest absolute Gasteiger partial charge is 0.182 e. The maximum atomic E-state index is 12.2. The lowest BCUT2D eigenvalue weighted by Gasteiger charge is -2.19. The van der Waals surface area contributed by atoms with Gasteiger partial charge < -0.3 is 4.57 Å². The van der Waals surface area contributed by atoms with Gasteiger partial charge >= 0.3 is 0 Å². The standard InChI is InChI=1S/C17H19BrClNO/c1-10-9-16(17(21)11(2)19)13(4)20(10)12(3)14-5-7-15(18)8-6-14/h5-9,11-12H,1-4H3. The molecule has 2 atom stereocenters. The number of rotatable bonds is 4. The van der Waals surface area contributed by atoms with Gasteiger partial charge in [-0.15, -0.1) is 11.6 Å². The van der Waals surface area contributed by atoms with Crippen molar-refractivity contribution in [3.05, 3.63) is 57.3 Å². The Bertz CT molecular complexity index is 658. The van der Waals surface area contributed by atoms with Crippen LogP contribution in [0.2, 0.25) is 0 Å². The second-order valence-corrected chi connectivity index (χ2v) is 6.93. The molecule has 2 aromatic rings. The van der Waals surface area contributed by atoms with Crippen LogP contribution in [0.15, 0.2) is 34.8 Å². The minimum absolute atomic E-state index is 0.0148. The van der Waals surface area contributed by atoms with Crippen LogP contribution in [0, 0.1) is 13.8 Å². The zero-order chi connectivity index (χ0) is 15.7. The number of hydrogen-bond acceptors (Lipinski definition) is 1. The van der Waals surface area contributed by atoms with Crippen molar-refractivity contribution in [1.82, 2.24) is 4.57 Å². The first kappa shape index (κ1) is 16.3. The van der Waals surface area contributed by atoms with Gasteiger partial charge in [-0.05, 0) is 51.5 Å². The van der Waals surface area contributed by atoms with Gasteiger partial charge in [0.25, 0.3) is 0 Å². The average molecular weight is 369 g/mol. The number of ketones is 1. The van der Waals surface area contributed by atoms with Crippen LogP contribution in [0.5, 0.6) is 0 Å². The molecule has 0 bridgehead atoms. The third kappa shape index (κ3) is 3.24. The van der Waals surface area contributed by atoms with Crippen LogP contribution in [0.3, 0.4) is 0 Å². The van der Waals surface area contributed by atoms with Gasteiger partial charge in [0.15, 0.2) is 5.78 Å². The number of carbonyl (C=O) groups is 1. The van der Waals surface area contributed by atoms with Gasteiger partial charge in [-0.1, -0.05) is 28.1 Å². The summed E-state index contributed by atoms with van der Waals surface area (Å²) < 4.78 is 3.25. The van der Waals surface area contributed by atoms with Crippen LogP contribution in [0.25, 0.3) is 0 Å². The molecule has 0 radical (unpaired) electrons. The Morgan fingerprint density at radius 2 is 1.76 bits per heavy atom. The lowest BCUT2D eigenvalue weighted by molar-refractivity contribution is 0.0991. The van der Waals surface area contributed by atoms with Gasteiger partial charge in [-0.25, -0.2) is 0 Å². The number of carbonyl (C=O) groups excluding carboxylic acids is 1. The van der Waals surface area contributed by atoms with E-state index in [0.29, 0.717) is 0 Å². The number of nitrogens with zero attached hydrogens (tertiary/aromatic N) is 1. The third-order valence-corrected chi connectivity index (χ3v) is 4.58. The molecule has 0 amide bonds. The second kappa shape index (κ2) is 6.37. The summed E-state index contributed by atoms with van der Waals surface area (Å²) in [5, 5.41) is -0.498. The molecule has 0 aliphatic carbocycles. The Hall–Kier alpha value is -1.06. The van der Waals surface area contributed by atoms with Gasteiger partial charge in [-0.2, -0.15) is 0 Å². The van der Waals surface area contributed by atoms with E-state index in [0.717, 1.165) is 21.4 Å². The molecule has 0 saturated heterocycles. The monoisotopic (exact) mass is 367 g/mol. The summed E-state index contributed by atoms with van der Waals surface area (Å²) >= 11 is 9.40. The van der Waals surface area contributed by atoms with Crippen molar-refractivity contribution in [2.45, 2.75) is 39.1 Å². The summed E-state index contributed by atoms with van der Waals surface area (Å²) in [6.07, 6.45) is 0. The molecule has 0 aliphatic heterocycles. The summed E-state index contributed by atoms with van der Waals surface area (Å²) in [7, 11) is 0.